The fourth-order valence-electron chi connectivity index (χ4n) is 3.20. The molecule has 0 amide bonds. The van der Waals surface area contributed by atoms with Crippen LogP contribution in [0.2, 0.25) is 0 Å². The largest absolute Gasteiger partial charge is 0.485 e. The summed E-state index contributed by atoms with van der Waals surface area (Å²) in [6.45, 7) is 3.87. The molecule has 5 heteroatoms. The van der Waals surface area contributed by atoms with E-state index < -0.39 is 5.60 Å². The van der Waals surface area contributed by atoms with E-state index in [0.717, 1.165) is 5.56 Å². The van der Waals surface area contributed by atoms with Crippen LogP contribution in [0, 0.1) is 11.3 Å². The molecule has 1 aliphatic rings. The first-order valence-electron chi connectivity index (χ1n) is 7.41. The molecule has 0 aliphatic carbocycles. The number of hydrogen-bond donors (Lipinski definition) is 0. The molecule has 2 aromatic rings. The van der Waals surface area contributed by atoms with E-state index in [9.17, 15) is 10.1 Å². The summed E-state index contributed by atoms with van der Waals surface area (Å²) in [4.78, 5) is 12.4. The van der Waals surface area contributed by atoms with Crippen molar-refractivity contribution in [2.24, 2.45) is 0 Å². The maximum atomic E-state index is 12.4. The van der Waals surface area contributed by atoms with Crippen LogP contribution in [0.25, 0.3) is 0 Å². The van der Waals surface area contributed by atoms with E-state index in [0.29, 0.717) is 11.3 Å². The summed E-state index contributed by atoms with van der Waals surface area (Å²) in [5.41, 5.74) is 0.570. The standard InChI is InChI=1S/C18H18N2O3/c1-18(2)17(22-3)16(20-9-5-4-6-15(20)21)13-10-12(11-19)7-8-14(13)23-18/h4-10,16-17H,1-3H3. The first-order valence-corrected chi connectivity index (χ1v) is 7.41. The van der Waals surface area contributed by atoms with Gasteiger partial charge in [0.05, 0.1) is 17.7 Å². The number of methoxy groups -OCH3 is 1. The molecule has 2 unspecified atom stereocenters. The van der Waals surface area contributed by atoms with Gasteiger partial charge in [-0.1, -0.05) is 6.07 Å². The number of nitriles is 1. The fourth-order valence-corrected chi connectivity index (χ4v) is 3.20. The van der Waals surface area contributed by atoms with Crippen LogP contribution in [0.5, 0.6) is 5.75 Å². The van der Waals surface area contributed by atoms with Gasteiger partial charge >= 0.3 is 0 Å². The Morgan fingerprint density at radius 2 is 2.09 bits per heavy atom. The van der Waals surface area contributed by atoms with Crippen molar-refractivity contribution < 1.29 is 9.47 Å². The van der Waals surface area contributed by atoms with E-state index in [1.807, 2.05) is 19.9 Å². The lowest BCUT2D eigenvalue weighted by Gasteiger charge is -2.44. The summed E-state index contributed by atoms with van der Waals surface area (Å²) < 4.78 is 13.4. The van der Waals surface area contributed by atoms with E-state index >= 15 is 0 Å². The van der Waals surface area contributed by atoms with E-state index in [2.05, 4.69) is 6.07 Å². The van der Waals surface area contributed by atoms with E-state index in [1.54, 1.807) is 42.1 Å². The highest BCUT2D eigenvalue weighted by Gasteiger charge is 2.45. The minimum atomic E-state index is -0.615. The van der Waals surface area contributed by atoms with Gasteiger partial charge in [-0.3, -0.25) is 4.79 Å². The fraction of sp³-hybridized carbons (Fsp3) is 0.333. The number of benzene rings is 1. The van der Waals surface area contributed by atoms with Crippen LogP contribution in [0.1, 0.15) is 31.0 Å². The van der Waals surface area contributed by atoms with Gasteiger partial charge in [-0.05, 0) is 38.1 Å². The van der Waals surface area contributed by atoms with Crippen molar-refractivity contribution in [1.29, 1.82) is 5.26 Å². The van der Waals surface area contributed by atoms with Crippen LogP contribution in [-0.2, 0) is 4.74 Å². The summed E-state index contributed by atoms with van der Waals surface area (Å²) in [7, 11) is 1.61. The Morgan fingerprint density at radius 1 is 1.30 bits per heavy atom. The molecule has 5 nitrogen and oxygen atoms in total. The molecule has 0 spiro atoms. The SMILES string of the molecule is COC1C(n2ccccc2=O)c2cc(C#N)ccc2OC1(C)C. The lowest BCUT2D eigenvalue weighted by atomic mass is 9.85. The summed E-state index contributed by atoms with van der Waals surface area (Å²) >= 11 is 0. The number of hydrogen-bond acceptors (Lipinski definition) is 4. The van der Waals surface area contributed by atoms with Gasteiger partial charge in [-0.2, -0.15) is 5.26 Å². The first-order chi connectivity index (χ1) is 11.0. The van der Waals surface area contributed by atoms with Gasteiger partial charge in [0, 0.05) is 24.9 Å². The van der Waals surface area contributed by atoms with Gasteiger partial charge < -0.3 is 14.0 Å². The minimum absolute atomic E-state index is 0.120. The quantitative estimate of drug-likeness (QED) is 0.855. The smallest absolute Gasteiger partial charge is 0.251 e. The molecule has 118 valence electrons. The molecule has 0 saturated carbocycles. The predicted octanol–water partition coefficient (Wildman–Crippen LogP) is 2.50. The van der Waals surface area contributed by atoms with E-state index in [-0.39, 0.29) is 17.7 Å². The van der Waals surface area contributed by atoms with Crippen molar-refractivity contribution in [3.05, 3.63) is 64.1 Å². The third kappa shape index (κ3) is 2.51. The average molecular weight is 310 g/mol. The Hall–Kier alpha value is -2.58. The van der Waals surface area contributed by atoms with Crippen molar-refractivity contribution in [3.63, 3.8) is 0 Å². The van der Waals surface area contributed by atoms with Crippen molar-refractivity contribution >= 4 is 0 Å². The molecule has 3 rings (SSSR count). The molecule has 0 fully saturated rings. The Labute approximate surface area is 134 Å². The van der Waals surface area contributed by atoms with Crippen LogP contribution >= 0.6 is 0 Å². The van der Waals surface area contributed by atoms with Gasteiger partial charge in [-0.15, -0.1) is 0 Å². The molecule has 0 saturated heterocycles. The van der Waals surface area contributed by atoms with Gasteiger partial charge in [0.2, 0.25) is 0 Å². The normalized spacial score (nSPS) is 21.8. The molecule has 2 heterocycles. The highest BCUT2D eigenvalue weighted by molar-refractivity contribution is 5.46. The second kappa shape index (κ2) is 5.56. The lowest BCUT2D eigenvalue weighted by molar-refractivity contribution is -0.0861. The zero-order valence-corrected chi connectivity index (χ0v) is 13.3. The topological polar surface area (TPSA) is 64.2 Å². The van der Waals surface area contributed by atoms with Crippen LogP contribution in [0.3, 0.4) is 0 Å². The summed E-state index contributed by atoms with van der Waals surface area (Å²) in [6, 6.07) is 12.1. The highest BCUT2D eigenvalue weighted by atomic mass is 16.6. The molecule has 2 atom stereocenters. The Bertz CT molecular complexity index is 833. The van der Waals surface area contributed by atoms with Gasteiger partial charge in [0.25, 0.3) is 5.56 Å². The number of nitrogens with zero attached hydrogens (tertiary/aromatic N) is 2. The maximum Gasteiger partial charge on any atom is 0.251 e. The van der Waals surface area contributed by atoms with Crippen molar-refractivity contribution in [2.45, 2.75) is 31.6 Å². The third-order valence-electron chi connectivity index (χ3n) is 4.21. The highest BCUT2D eigenvalue weighted by Crippen LogP contribution is 2.42. The molecule has 0 N–H and O–H groups in total. The van der Waals surface area contributed by atoms with Crippen LogP contribution in [0.15, 0.2) is 47.4 Å². The molecular weight excluding hydrogens is 292 g/mol. The second-order valence-corrected chi connectivity index (χ2v) is 6.12. The summed E-state index contributed by atoms with van der Waals surface area (Å²) in [5.74, 6) is 0.669. The number of aromatic nitrogens is 1. The van der Waals surface area contributed by atoms with E-state index in [1.165, 1.54) is 6.07 Å². The minimum Gasteiger partial charge on any atom is -0.485 e. The Morgan fingerprint density at radius 3 is 2.74 bits per heavy atom. The number of ether oxygens (including phenoxy) is 2. The number of fused-ring (bicyclic) bond motifs is 1. The average Bonchev–Trinajstić information content (AvgIpc) is 2.53. The third-order valence-corrected chi connectivity index (χ3v) is 4.21. The molecule has 1 aliphatic heterocycles. The summed E-state index contributed by atoms with van der Waals surface area (Å²) in [6.07, 6.45) is 1.37. The number of pyridine rings is 1. The van der Waals surface area contributed by atoms with Gasteiger partial charge in [0.1, 0.15) is 17.5 Å². The zero-order valence-electron chi connectivity index (χ0n) is 13.3. The van der Waals surface area contributed by atoms with Gasteiger partial charge in [0.15, 0.2) is 0 Å². The number of rotatable bonds is 2. The van der Waals surface area contributed by atoms with Gasteiger partial charge in [-0.25, -0.2) is 0 Å². The lowest BCUT2D eigenvalue weighted by Crippen LogP contribution is -2.53. The molecule has 0 radical (unpaired) electrons. The van der Waals surface area contributed by atoms with Crippen molar-refractivity contribution in [1.82, 2.24) is 4.57 Å². The Balaban J connectivity index is 2.28. The first kappa shape index (κ1) is 15.3. The molecule has 23 heavy (non-hydrogen) atoms. The molecule has 1 aromatic heterocycles. The zero-order chi connectivity index (χ0) is 16.6. The van der Waals surface area contributed by atoms with Crippen molar-refractivity contribution in [2.75, 3.05) is 7.11 Å². The van der Waals surface area contributed by atoms with Crippen LogP contribution in [-0.4, -0.2) is 23.4 Å². The monoisotopic (exact) mass is 310 g/mol. The molecular formula is C18H18N2O3. The predicted molar refractivity (Wildman–Crippen MR) is 85.5 cm³/mol. The van der Waals surface area contributed by atoms with Crippen molar-refractivity contribution in [3.8, 4) is 11.8 Å². The van der Waals surface area contributed by atoms with E-state index in [4.69, 9.17) is 9.47 Å². The maximum absolute atomic E-state index is 12.4. The van der Waals surface area contributed by atoms with Crippen LogP contribution in [0.4, 0.5) is 0 Å². The summed E-state index contributed by atoms with van der Waals surface area (Å²) in [5, 5.41) is 9.19. The molecule has 1 aromatic carbocycles. The molecule has 0 bridgehead atoms. The second-order valence-electron chi connectivity index (χ2n) is 6.12. The Kier molecular flexibility index (Phi) is 3.70. The van der Waals surface area contributed by atoms with Crippen LogP contribution < -0.4 is 10.3 Å².